The number of amides is 3. The van der Waals surface area contributed by atoms with Crippen molar-refractivity contribution >= 4 is 40.1 Å². The molecule has 5 unspecified atom stereocenters. The molecule has 2 aromatic heterocycles. The second-order valence-corrected chi connectivity index (χ2v) is 15.7. The molecule has 12 nitrogen and oxygen atoms in total. The number of carbonyl (C=O) groups is 3. The van der Waals surface area contributed by atoms with Gasteiger partial charge in [-0.25, -0.2) is 9.97 Å². The highest BCUT2D eigenvalue weighted by atomic mass is 32.1. The van der Waals surface area contributed by atoms with Crippen molar-refractivity contribution in [2.24, 2.45) is 5.92 Å². The van der Waals surface area contributed by atoms with Crippen LogP contribution in [0.2, 0.25) is 0 Å². The monoisotopic (exact) mass is 754 g/mol. The number of allylic oxidation sites excluding steroid dienone is 1. The summed E-state index contributed by atoms with van der Waals surface area (Å²) in [4.78, 5) is 52.9. The average Bonchev–Trinajstić information content (AvgIpc) is 3.46. The molecule has 284 valence electrons. The van der Waals surface area contributed by atoms with E-state index in [0.717, 1.165) is 53.1 Å². The number of quaternary nitrogens is 1. The van der Waals surface area contributed by atoms with E-state index in [0.29, 0.717) is 35.6 Å². The van der Waals surface area contributed by atoms with Gasteiger partial charge in [0.2, 0.25) is 5.91 Å². The summed E-state index contributed by atoms with van der Waals surface area (Å²) in [6.07, 6.45) is 7.13. The number of pyridine rings is 1. The second-order valence-electron chi connectivity index (χ2n) is 14.8. The van der Waals surface area contributed by atoms with Gasteiger partial charge in [0.05, 0.1) is 32.0 Å². The van der Waals surface area contributed by atoms with E-state index in [1.165, 1.54) is 11.3 Å². The van der Waals surface area contributed by atoms with Crippen LogP contribution in [0.15, 0.2) is 66.1 Å². The minimum atomic E-state index is -1.13. The van der Waals surface area contributed by atoms with Gasteiger partial charge in [0, 0.05) is 35.2 Å². The molecule has 5 atom stereocenters. The van der Waals surface area contributed by atoms with Crippen LogP contribution in [0.25, 0.3) is 21.6 Å². The third kappa shape index (κ3) is 7.78. The SMILES string of the molecule is COc1ccc(CC2CCCCC/C=C/C3C[N+]3(C(=O)O)NC(=O)C3CC(Oc4cc(-c5nc(C(C)C)cs5)nc5cc(OC)ccc45)CN3C2=O)cc1. The molecule has 2 saturated heterocycles. The number of hydrogen-bond acceptors (Lipinski definition) is 9. The van der Waals surface area contributed by atoms with Crippen LogP contribution in [0, 0.1) is 5.92 Å². The molecule has 0 radical (unpaired) electrons. The van der Waals surface area contributed by atoms with Gasteiger partial charge < -0.3 is 24.2 Å². The molecule has 4 aromatic rings. The van der Waals surface area contributed by atoms with Gasteiger partial charge in [-0.15, -0.1) is 15.9 Å². The number of benzene rings is 2. The summed E-state index contributed by atoms with van der Waals surface area (Å²) < 4.78 is 17.1. The van der Waals surface area contributed by atoms with Crippen molar-refractivity contribution < 1.29 is 38.3 Å². The highest BCUT2D eigenvalue weighted by molar-refractivity contribution is 7.13. The molecule has 3 amide bonds. The maximum absolute atomic E-state index is 14.7. The number of carboxylic acid groups (broad SMARTS) is 1. The zero-order valence-corrected chi connectivity index (χ0v) is 32.0. The lowest BCUT2D eigenvalue weighted by atomic mass is 9.91. The van der Waals surface area contributed by atoms with Crippen molar-refractivity contribution in [3.05, 3.63) is 77.3 Å². The molecule has 0 bridgehead atoms. The number of nitrogens with one attached hydrogen (secondary N) is 1. The Morgan fingerprint density at radius 2 is 1.81 bits per heavy atom. The smallest absolute Gasteiger partial charge is 0.497 e. The van der Waals surface area contributed by atoms with E-state index in [1.54, 1.807) is 19.1 Å². The number of ether oxygens (including phenoxy) is 3. The molecule has 3 aliphatic rings. The number of methoxy groups -OCH3 is 2. The van der Waals surface area contributed by atoms with Crippen molar-refractivity contribution in [3.63, 3.8) is 0 Å². The van der Waals surface area contributed by atoms with Gasteiger partial charge in [0.15, 0.2) is 12.6 Å². The van der Waals surface area contributed by atoms with E-state index in [9.17, 15) is 19.5 Å². The van der Waals surface area contributed by atoms with E-state index >= 15 is 0 Å². The minimum absolute atomic E-state index is 0.136. The van der Waals surface area contributed by atoms with E-state index in [-0.39, 0.29) is 43.3 Å². The lowest BCUT2D eigenvalue weighted by Gasteiger charge is -2.28. The number of carbonyl (C=O) groups excluding carboxylic acids is 2. The number of hydrogen-bond donors (Lipinski definition) is 2. The van der Waals surface area contributed by atoms with Crippen LogP contribution in [-0.4, -0.2) is 88.0 Å². The van der Waals surface area contributed by atoms with Gasteiger partial charge in [0.25, 0.3) is 5.91 Å². The fourth-order valence-corrected chi connectivity index (χ4v) is 8.47. The van der Waals surface area contributed by atoms with E-state index < -0.39 is 28.7 Å². The fourth-order valence-electron chi connectivity index (χ4n) is 7.53. The Morgan fingerprint density at radius 1 is 1.04 bits per heavy atom. The van der Waals surface area contributed by atoms with Crippen molar-refractivity contribution in [1.82, 2.24) is 20.3 Å². The minimum Gasteiger partial charge on any atom is -0.497 e. The first-order chi connectivity index (χ1) is 26.1. The Kier molecular flexibility index (Phi) is 10.9. The summed E-state index contributed by atoms with van der Waals surface area (Å²) in [5, 5.41) is 13.8. The van der Waals surface area contributed by atoms with Crippen molar-refractivity contribution in [2.45, 2.75) is 82.9 Å². The maximum atomic E-state index is 14.7. The van der Waals surface area contributed by atoms with Crippen LogP contribution in [0.3, 0.4) is 0 Å². The molecule has 7 rings (SSSR count). The van der Waals surface area contributed by atoms with Crippen LogP contribution in [0.5, 0.6) is 17.2 Å². The molecule has 0 aliphatic carbocycles. The van der Waals surface area contributed by atoms with E-state index in [4.69, 9.17) is 24.2 Å². The molecule has 54 heavy (non-hydrogen) atoms. The van der Waals surface area contributed by atoms with Crippen LogP contribution >= 0.6 is 11.3 Å². The van der Waals surface area contributed by atoms with Gasteiger partial charge in [0.1, 0.15) is 40.1 Å². The highest BCUT2D eigenvalue weighted by Gasteiger charge is 2.64. The molecule has 0 spiro atoms. The summed E-state index contributed by atoms with van der Waals surface area (Å²) in [6.45, 7) is 4.61. The Hall–Kier alpha value is -5.01. The van der Waals surface area contributed by atoms with E-state index in [1.807, 2.05) is 66.1 Å². The number of nitrogens with zero attached hydrogens (tertiary/aromatic N) is 4. The maximum Gasteiger partial charge on any atom is 0.539 e. The summed E-state index contributed by atoms with van der Waals surface area (Å²) in [5.74, 6) is 1.18. The largest absolute Gasteiger partial charge is 0.539 e. The van der Waals surface area contributed by atoms with Gasteiger partial charge in [-0.3, -0.25) is 9.59 Å². The summed E-state index contributed by atoms with van der Waals surface area (Å²) in [5.41, 5.74) is 6.12. The first-order valence-corrected chi connectivity index (χ1v) is 19.6. The Labute approximate surface area is 319 Å². The van der Waals surface area contributed by atoms with Crippen molar-refractivity contribution in [3.8, 4) is 28.0 Å². The normalized spacial score (nSPS) is 25.2. The summed E-state index contributed by atoms with van der Waals surface area (Å²) in [6, 6.07) is 13.9. The Bertz CT molecular complexity index is 2050. The molecule has 2 fully saturated rings. The van der Waals surface area contributed by atoms with Gasteiger partial charge in [-0.2, -0.15) is 10.2 Å². The number of rotatable bonds is 8. The average molecular weight is 755 g/mol. The molecular formula is C41H48N5O7S+. The molecule has 3 aliphatic heterocycles. The Morgan fingerprint density at radius 3 is 2.54 bits per heavy atom. The summed E-state index contributed by atoms with van der Waals surface area (Å²) in [7, 11) is 3.23. The van der Waals surface area contributed by atoms with Gasteiger partial charge in [-0.1, -0.05) is 44.9 Å². The molecule has 2 aromatic carbocycles. The van der Waals surface area contributed by atoms with Crippen molar-refractivity contribution in [2.75, 3.05) is 27.3 Å². The van der Waals surface area contributed by atoms with Crippen LogP contribution in [-0.2, 0) is 16.0 Å². The highest BCUT2D eigenvalue weighted by Crippen LogP contribution is 2.37. The van der Waals surface area contributed by atoms with E-state index in [2.05, 4.69) is 19.3 Å². The number of fused-ring (bicyclic) bond motifs is 3. The van der Waals surface area contributed by atoms with Crippen molar-refractivity contribution in [1.29, 1.82) is 0 Å². The molecule has 13 heteroatoms. The third-order valence-corrected chi connectivity index (χ3v) is 11.7. The summed E-state index contributed by atoms with van der Waals surface area (Å²) >= 11 is 1.52. The quantitative estimate of drug-likeness (QED) is 0.109. The lowest BCUT2D eigenvalue weighted by molar-refractivity contribution is -0.772. The first kappa shape index (κ1) is 37.3. The van der Waals surface area contributed by atoms with Gasteiger partial charge in [-0.05, 0) is 67.5 Å². The van der Waals surface area contributed by atoms with Gasteiger partial charge >= 0.3 is 6.09 Å². The first-order valence-electron chi connectivity index (χ1n) is 18.7. The standard InChI is InChI=1S/C41H47N5O7S/c1-25(2)35-24-54-39(43-35)34-21-37(32-17-16-30(52-4)19-33(32)42-34)53-31-20-36-38(47)44-46(41(49)50)23-28(46)11-9-7-5-6-8-10-27(40(48)45(36)22-31)18-26-12-14-29(51-3)15-13-26/h9,11-17,19,21,24-25,27-28,31,36H,5-8,10,18,20,22-23H2,1-4H3,(H-,44,47,49,50)/p+1/b11-9+. The Balaban J connectivity index is 1.23. The predicted octanol–water partition coefficient (Wildman–Crippen LogP) is 7.13. The molecule has 2 N–H and O–H groups in total. The predicted molar refractivity (Wildman–Crippen MR) is 206 cm³/mol. The third-order valence-electron chi connectivity index (χ3n) is 10.8. The molecule has 5 heterocycles. The molecular weight excluding hydrogens is 707 g/mol. The second kappa shape index (κ2) is 15.8. The zero-order valence-electron chi connectivity index (χ0n) is 31.2. The topological polar surface area (TPSA) is 140 Å². The van der Waals surface area contributed by atoms with Crippen LogP contribution < -0.4 is 19.6 Å². The zero-order chi connectivity index (χ0) is 38.0. The van der Waals surface area contributed by atoms with Crippen LogP contribution in [0.4, 0.5) is 4.79 Å². The molecule has 0 saturated carbocycles. The number of thiazole rings is 1. The van der Waals surface area contributed by atoms with Crippen LogP contribution in [0.1, 0.15) is 69.5 Å². The fraction of sp³-hybridized carbons (Fsp3) is 0.439. The number of aromatic nitrogens is 2. The lowest BCUT2D eigenvalue weighted by Crippen LogP contribution is -2.56.